The van der Waals surface area contributed by atoms with E-state index < -0.39 is 0 Å². The summed E-state index contributed by atoms with van der Waals surface area (Å²) < 4.78 is 0. The van der Waals surface area contributed by atoms with Crippen LogP contribution in [-0.2, 0) is 4.79 Å². The summed E-state index contributed by atoms with van der Waals surface area (Å²) in [5, 5.41) is 3.36. The number of para-hydroxylation sites is 1. The van der Waals surface area contributed by atoms with Crippen LogP contribution in [0.15, 0.2) is 54.6 Å². The summed E-state index contributed by atoms with van der Waals surface area (Å²) in [6, 6.07) is 12.3. The van der Waals surface area contributed by atoms with Gasteiger partial charge in [0.1, 0.15) is 0 Å². The Hall–Kier alpha value is -2.39. The second kappa shape index (κ2) is 7.05. The highest BCUT2D eigenvalue weighted by Crippen LogP contribution is 2.19. The molecule has 2 aromatic rings. The predicted octanol–water partition coefficient (Wildman–Crippen LogP) is 4.33. The number of aryl methyl sites for hydroxylation is 2. The lowest BCUT2D eigenvalue weighted by Gasteiger charge is -2.09. The maximum absolute atomic E-state index is 11.9. The van der Waals surface area contributed by atoms with Crippen LogP contribution in [-0.4, -0.2) is 11.7 Å². The molecule has 0 atom stereocenters. The van der Waals surface area contributed by atoms with E-state index in [4.69, 9.17) is 11.6 Å². The summed E-state index contributed by atoms with van der Waals surface area (Å²) in [6.45, 7) is 3.84. The molecule has 0 saturated carbocycles. The minimum Gasteiger partial charge on any atom is -0.322 e. The van der Waals surface area contributed by atoms with Crippen molar-refractivity contribution in [3.8, 4) is 0 Å². The summed E-state index contributed by atoms with van der Waals surface area (Å²) in [6.07, 6.45) is 2.50. The molecule has 2 aromatic carbocycles. The van der Waals surface area contributed by atoms with Crippen molar-refractivity contribution in [1.29, 1.82) is 0 Å². The molecule has 0 spiro atoms. The standard InChI is InChI=1S/C18H16ClNO2/c1-12-4-3-5-13(2)18(12)20-17(22)11-10-16(21)14-6-8-15(19)9-7-14/h3-11H,1-2H3,(H,20,22). The molecule has 0 fully saturated rings. The summed E-state index contributed by atoms with van der Waals surface area (Å²) in [7, 11) is 0. The van der Waals surface area contributed by atoms with Gasteiger partial charge in [-0.15, -0.1) is 0 Å². The molecule has 0 aliphatic carbocycles. The molecule has 0 radical (unpaired) electrons. The van der Waals surface area contributed by atoms with Gasteiger partial charge in [0.25, 0.3) is 0 Å². The quantitative estimate of drug-likeness (QED) is 0.674. The number of rotatable bonds is 4. The van der Waals surface area contributed by atoms with Crippen LogP contribution in [0.4, 0.5) is 5.69 Å². The molecule has 0 aliphatic heterocycles. The second-order valence-electron chi connectivity index (χ2n) is 4.96. The highest BCUT2D eigenvalue weighted by Gasteiger charge is 2.06. The van der Waals surface area contributed by atoms with E-state index in [0.717, 1.165) is 16.8 Å². The first-order chi connectivity index (χ1) is 10.5. The molecule has 2 rings (SSSR count). The van der Waals surface area contributed by atoms with Gasteiger partial charge in [0, 0.05) is 22.3 Å². The number of carbonyl (C=O) groups excluding carboxylic acids is 2. The molecule has 0 heterocycles. The largest absolute Gasteiger partial charge is 0.322 e. The van der Waals surface area contributed by atoms with Crippen LogP contribution in [0, 0.1) is 13.8 Å². The maximum atomic E-state index is 11.9. The third kappa shape index (κ3) is 4.06. The fourth-order valence-electron chi connectivity index (χ4n) is 2.04. The number of nitrogens with one attached hydrogen (secondary N) is 1. The lowest BCUT2D eigenvalue weighted by Crippen LogP contribution is -2.11. The number of ketones is 1. The van der Waals surface area contributed by atoms with Gasteiger partial charge in [-0.2, -0.15) is 0 Å². The van der Waals surface area contributed by atoms with Gasteiger partial charge in [0.2, 0.25) is 5.91 Å². The zero-order valence-electron chi connectivity index (χ0n) is 12.4. The number of amides is 1. The molecular weight excluding hydrogens is 298 g/mol. The molecule has 1 N–H and O–H groups in total. The summed E-state index contributed by atoms with van der Waals surface area (Å²) in [4.78, 5) is 23.9. The minimum absolute atomic E-state index is 0.242. The van der Waals surface area contributed by atoms with Gasteiger partial charge in [-0.05, 0) is 55.3 Å². The summed E-state index contributed by atoms with van der Waals surface area (Å²) >= 11 is 5.77. The number of hydrogen-bond acceptors (Lipinski definition) is 2. The molecule has 22 heavy (non-hydrogen) atoms. The lowest BCUT2D eigenvalue weighted by molar-refractivity contribution is -0.111. The van der Waals surface area contributed by atoms with Crippen molar-refractivity contribution in [1.82, 2.24) is 0 Å². The van der Waals surface area contributed by atoms with Crippen molar-refractivity contribution >= 4 is 29.0 Å². The van der Waals surface area contributed by atoms with Crippen molar-refractivity contribution in [2.24, 2.45) is 0 Å². The molecule has 0 aliphatic rings. The Bertz CT molecular complexity index is 713. The number of anilines is 1. The lowest BCUT2D eigenvalue weighted by atomic mass is 10.1. The molecule has 0 aromatic heterocycles. The molecular formula is C18H16ClNO2. The van der Waals surface area contributed by atoms with Crippen molar-refractivity contribution < 1.29 is 9.59 Å². The Balaban J connectivity index is 2.05. The van der Waals surface area contributed by atoms with Gasteiger partial charge in [0.05, 0.1) is 0 Å². The number of benzene rings is 2. The average molecular weight is 314 g/mol. The third-order valence-electron chi connectivity index (χ3n) is 3.24. The van der Waals surface area contributed by atoms with Crippen LogP contribution in [0.5, 0.6) is 0 Å². The normalized spacial score (nSPS) is 10.7. The zero-order valence-corrected chi connectivity index (χ0v) is 13.1. The van der Waals surface area contributed by atoms with Crippen molar-refractivity contribution in [3.63, 3.8) is 0 Å². The highest BCUT2D eigenvalue weighted by atomic mass is 35.5. The van der Waals surface area contributed by atoms with Gasteiger partial charge >= 0.3 is 0 Å². The van der Waals surface area contributed by atoms with Crippen LogP contribution >= 0.6 is 11.6 Å². The molecule has 3 nitrogen and oxygen atoms in total. The van der Waals surface area contributed by atoms with Gasteiger partial charge in [-0.25, -0.2) is 0 Å². The van der Waals surface area contributed by atoms with Crippen molar-refractivity contribution in [2.45, 2.75) is 13.8 Å². The van der Waals surface area contributed by atoms with E-state index in [9.17, 15) is 9.59 Å². The van der Waals surface area contributed by atoms with E-state index in [0.29, 0.717) is 10.6 Å². The molecule has 0 saturated heterocycles. The number of hydrogen-bond donors (Lipinski definition) is 1. The maximum Gasteiger partial charge on any atom is 0.248 e. The Kier molecular flexibility index (Phi) is 5.12. The monoisotopic (exact) mass is 313 g/mol. The van der Waals surface area contributed by atoms with Gasteiger partial charge in [-0.3, -0.25) is 9.59 Å². The molecule has 0 unspecified atom stereocenters. The first-order valence-electron chi connectivity index (χ1n) is 6.82. The Morgan fingerprint density at radius 2 is 1.55 bits per heavy atom. The fraction of sp³-hybridized carbons (Fsp3) is 0.111. The van der Waals surface area contributed by atoms with E-state index in [2.05, 4.69) is 5.32 Å². The van der Waals surface area contributed by atoms with E-state index in [1.807, 2.05) is 32.0 Å². The molecule has 1 amide bonds. The van der Waals surface area contributed by atoms with E-state index in [-0.39, 0.29) is 11.7 Å². The SMILES string of the molecule is Cc1cccc(C)c1NC(=O)C=CC(=O)c1ccc(Cl)cc1. The number of halogens is 1. The van der Waals surface area contributed by atoms with Crippen molar-refractivity contribution in [2.75, 3.05) is 5.32 Å². The van der Waals surface area contributed by atoms with Crippen LogP contribution in [0.2, 0.25) is 5.02 Å². The Morgan fingerprint density at radius 1 is 0.955 bits per heavy atom. The van der Waals surface area contributed by atoms with Crippen molar-refractivity contribution in [3.05, 3.63) is 76.3 Å². The van der Waals surface area contributed by atoms with E-state index in [1.165, 1.54) is 12.2 Å². The topological polar surface area (TPSA) is 46.2 Å². The van der Waals surface area contributed by atoms with Crippen LogP contribution in [0.1, 0.15) is 21.5 Å². The van der Waals surface area contributed by atoms with E-state index >= 15 is 0 Å². The van der Waals surface area contributed by atoms with Gasteiger partial charge in [0.15, 0.2) is 5.78 Å². The van der Waals surface area contributed by atoms with Crippen LogP contribution < -0.4 is 5.32 Å². The fourth-order valence-corrected chi connectivity index (χ4v) is 2.16. The molecule has 4 heteroatoms. The molecule has 0 bridgehead atoms. The summed E-state index contributed by atoms with van der Waals surface area (Å²) in [5.41, 5.74) is 3.22. The Labute approximate surface area is 134 Å². The number of carbonyl (C=O) groups is 2. The van der Waals surface area contributed by atoms with Crippen LogP contribution in [0.25, 0.3) is 0 Å². The minimum atomic E-state index is -0.334. The first kappa shape index (κ1) is 16.0. The Morgan fingerprint density at radius 3 is 2.14 bits per heavy atom. The van der Waals surface area contributed by atoms with Crippen LogP contribution in [0.3, 0.4) is 0 Å². The second-order valence-corrected chi connectivity index (χ2v) is 5.40. The van der Waals surface area contributed by atoms with Gasteiger partial charge in [-0.1, -0.05) is 29.8 Å². The predicted molar refractivity (Wildman–Crippen MR) is 89.5 cm³/mol. The summed E-state index contributed by atoms with van der Waals surface area (Å²) in [5.74, 6) is -0.576. The molecule has 112 valence electrons. The highest BCUT2D eigenvalue weighted by molar-refractivity contribution is 6.30. The third-order valence-corrected chi connectivity index (χ3v) is 3.50. The smallest absolute Gasteiger partial charge is 0.248 e. The van der Waals surface area contributed by atoms with Gasteiger partial charge < -0.3 is 5.32 Å². The first-order valence-corrected chi connectivity index (χ1v) is 7.20. The average Bonchev–Trinajstić information content (AvgIpc) is 2.49. The number of allylic oxidation sites excluding steroid dienone is 1. The zero-order chi connectivity index (χ0) is 16.1. The van der Waals surface area contributed by atoms with E-state index in [1.54, 1.807) is 24.3 Å².